The average Bonchev–Trinajstić information content (AvgIpc) is 2.98. The molecule has 0 amide bonds. The zero-order valence-electron chi connectivity index (χ0n) is 12.4. The van der Waals surface area contributed by atoms with Gasteiger partial charge in [-0.15, -0.1) is 15.0 Å². The fourth-order valence-corrected chi connectivity index (χ4v) is 2.52. The number of ether oxygens (including phenoxy) is 1. The van der Waals surface area contributed by atoms with Crippen LogP contribution in [-0.4, -0.2) is 20.1 Å². The topological polar surface area (TPSA) is 60.2 Å². The number of rotatable bonds is 3. The van der Waals surface area contributed by atoms with Gasteiger partial charge in [0.25, 0.3) is 0 Å². The van der Waals surface area contributed by atoms with E-state index in [-0.39, 0.29) is 5.75 Å². The van der Waals surface area contributed by atoms with Crippen molar-refractivity contribution < 1.29 is 9.84 Å². The minimum atomic E-state index is 0.0230. The Kier molecular flexibility index (Phi) is 3.55. The molecule has 0 fully saturated rings. The molecule has 0 spiro atoms. The third kappa shape index (κ3) is 2.77. The zero-order valence-corrected chi connectivity index (χ0v) is 13.2. The van der Waals surface area contributed by atoms with Crippen LogP contribution in [0.1, 0.15) is 0 Å². The Bertz CT molecular complexity index is 1020. The molecule has 3 aromatic carbocycles. The monoisotopic (exact) mass is 337 g/mol. The van der Waals surface area contributed by atoms with E-state index in [0.717, 1.165) is 0 Å². The summed E-state index contributed by atoms with van der Waals surface area (Å²) in [7, 11) is 0. The largest absolute Gasteiger partial charge is 0.505 e. The number of benzene rings is 3. The van der Waals surface area contributed by atoms with Crippen LogP contribution in [-0.2, 0) is 0 Å². The lowest BCUT2D eigenvalue weighted by molar-refractivity contribution is 0.450. The number of phenolic OH excluding ortho intramolecular Hbond substituents is 1. The van der Waals surface area contributed by atoms with Gasteiger partial charge in [0, 0.05) is 11.1 Å². The van der Waals surface area contributed by atoms with Crippen molar-refractivity contribution in [2.24, 2.45) is 0 Å². The molecule has 0 bridgehead atoms. The molecular weight excluding hydrogens is 326 g/mol. The molecule has 0 aliphatic heterocycles. The zero-order chi connectivity index (χ0) is 16.5. The van der Waals surface area contributed by atoms with Gasteiger partial charge in [-0.25, -0.2) is 0 Å². The van der Waals surface area contributed by atoms with E-state index in [2.05, 4.69) is 10.2 Å². The first-order valence-corrected chi connectivity index (χ1v) is 7.66. The quantitative estimate of drug-likeness (QED) is 0.594. The van der Waals surface area contributed by atoms with Crippen LogP contribution in [0.25, 0.3) is 16.7 Å². The first kappa shape index (κ1) is 14.5. The summed E-state index contributed by atoms with van der Waals surface area (Å²) >= 11 is 5.96. The Morgan fingerprint density at radius 3 is 2.42 bits per heavy atom. The number of hydrogen-bond donors (Lipinski definition) is 1. The predicted molar refractivity (Wildman–Crippen MR) is 92.1 cm³/mol. The van der Waals surface area contributed by atoms with Crippen molar-refractivity contribution in [3.05, 3.63) is 71.8 Å². The maximum absolute atomic E-state index is 10.3. The van der Waals surface area contributed by atoms with Gasteiger partial charge >= 0.3 is 0 Å². The Morgan fingerprint density at radius 2 is 1.62 bits per heavy atom. The van der Waals surface area contributed by atoms with Crippen LogP contribution in [0.2, 0.25) is 5.02 Å². The highest BCUT2D eigenvalue weighted by Crippen LogP contribution is 2.29. The minimum Gasteiger partial charge on any atom is -0.505 e. The standard InChI is InChI=1S/C18H12ClN3O2/c19-12-6-8-15-16(10-12)21-22(20-15)17-9-7-14(11-18(17)23)24-13-4-2-1-3-5-13/h1-11,23H. The lowest BCUT2D eigenvalue weighted by Crippen LogP contribution is -1.99. The highest BCUT2D eigenvalue weighted by atomic mass is 35.5. The van der Waals surface area contributed by atoms with E-state index in [1.54, 1.807) is 30.3 Å². The number of fused-ring (bicyclic) bond motifs is 1. The number of phenols is 1. The highest BCUT2D eigenvalue weighted by Gasteiger charge is 2.10. The normalized spacial score (nSPS) is 10.9. The first-order chi connectivity index (χ1) is 11.7. The Morgan fingerprint density at radius 1 is 0.833 bits per heavy atom. The summed E-state index contributed by atoms with van der Waals surface area (Å²) in [6, 6.07) is 19.6. The van der Waals surface area contributed by atoms with Crippen LogP contribution < -0.4 is 4.74 Å². The van der Waals surface area contributed by atoms with E-state index in [0.29, 0.717) is 33.2 Å². The van der Waals surface area contributed by atoms with Gasteiger partial charge in [-0.05, 0) is 42.5 Å². The maximum atomic E-state index is 10.3. The number of aromatic hydroxyl groups is 1. The molecule has 24 heavy (non-hydrogen) atoms. The van der Waals surface area contributed by atoms with Crippen molar-refractivity contribution in [3.8, 4) is 22.9 Å². The summed E-state index contributed by atoms with van der Waals surface area (Å²) in [6.07, 6.45) is 0. The highest BCUT2D eigenvalue weighted by molar-refractivity contribution is 6.31. The van der Waals surface area contributed by atoms with Crippen LogP contribution in [0.4, 0.5) is 0 Å². The van der Waals surface area contributed by atoms with Crippen LogP contribution in [0.15, 0.2) is 66.7 Å². The van der Waals surface area contributed by atoms with Gasteiger partial charge in [0.1, 0.15) is 34.0 Å². The van der Waals surface area contributed by atoms with Crippen LogP contribution in [0.3, 0.4) is 0 Å². The van der Waals surface area contributed by atoms with Crippen molar-refractivity contribution >= 4 is 22.6 Å². The third-order valence-corrected chi connectivity index (χ3v) is 3.72. The molecule has 0 unspecified atom stereocenters. The molecule has 6 heteroatoms. The number of para-hydroxylation sites is 1. The molecule has 118 valence electrons. The summed E-state index contributed by atoms with van der Waals surface area (Å²) in [5.74, 6) is 1.25. The van der Waals surface area contributed by atoms with Crippen molar-refractivity contribution in [1.82, 2.24) is 15.0 Å². The molecular formula is C18H12ClN3O2. The number of hydrogen-bond acceptors (Lipinski definition) is 4. The molecule has 0 atom stereocenters. The summed E-state index contributed by atoms with van der Waals surface area (Å²) in [4.78, 5) is 1.38. The molecule has 0 aliphatic rings. The van der Waals surface area contributed by atoms with Gasteiger partial charge < -0.3 is 9.84 Å². The Labute approximate surface area is 142 Å². The smallest absolute Gasteiger partial charge is 0.146 e. The molecule has 1 N–H and O–H groups in total. The van der Waals surface area contributed by atoms with E-state index in [9.17, 15) is 5.11 Å². The van der Waals surface area contributed by atoms with Crippen LogP contribution >= 0.6 is 11.6 Å². The van der Waals surface area contributed by atoms with Gasteiger partial charge in [0.05, 0.1) is 0 Å². The van der Waals surface area contributed by atoms with Gasteiger partial charge in [-0.2, -0.15) is 0 Å². The van der Waals surface area contributed by atoms with Crippen molar-refractivity contribution in [1.29, 1.82) is 0 Å². The minimum absolute atomic E-state index is 0.0230. The summed E-state index contributed by atoms with van der Waals surface area (Å²) in [5, 5.41) is 19.6. The first-order valence-electron chi connectivity index (χ1n) is 7.28. The van der Waals surface area contributed by atoms with E-state index in [1.165, 1.54) is 10.9 Å². The van der Waals surface area contributed by atoms with Gasteiger partial charge in [-0.3, -0.25) is 0 Å². The van der Waals surface area contributed by atoms with E-state index >= 15 is 0 Å². The van der Waals surface area contributed by atoms with Gasteiger partial charge in [0.2, 0.25) is 0 Å². The molecule has 0 aliphatic carbocycles. The molecule has 1 aromatic heterocycles. The van der Waals surface area contributed by atoms with Gasteiger partial charge in [0.15, 0.2) is 0 Å². The molecule has 4 aromatic rings. The third-order valence-electron chi connectivity index (χ3n) is 3.48. The molecule has 4 rings (SSSR count). The Balaban J connectivity index is 1.68. The number of nitrogens with zero attached hydrogens (tertiary/aromatic N) is 3. The summed E-state index contributed by atoms with van der Waals surface area (Å²) < 4.78 is 5.70. The van der Waals surface area contributed by atoms with Crippen molar-refractivity contribution in [2.45, 2.75) is 0 Å². The molecule has 0 saturated carbocycles. The van der Waals surface area contributed by atoms with E-state index in [4.69, 9.17) is 16.3 Å². The van der Waals surface area contributed by atoms with Crippen LogP contribution in [0.5, 0.6) is 17.2 Å². The summed E-state index contributed by atoms with van der Waals surface area (Å²) in [5.41, 5.74) is 1.82. The van der Waals surface area contributed by atoms with E-state index in [1.807, 2.05) is 30.3 Å². The molecule has 0 saturated heterocycles. The average molecular weight is 338 g/mol. The molecule has 1 heterocycles. The van der Waals surface area contributed by atoms with Crippen molar-refractivity contribution in [3.63, 3.8) is 0 Å². The number of aromatic nitrogens is 3. The maximum Gasteiger partial charge on any atom is 0.146 e. The molecule has 0 radical (unpaired) electrons. The SMILES string of the molecule is Oc1cc(Oc2ccccc2)ccc1-n1nc2ccc(Cl)cc2n1. The van der Waals surface area contributed by atoms with Gasteiger partial charge in [-0.1, -0.05) is 29.8 Å². The second-order valence-electron chi connectivity index (χ2n) is 5.19. The lowest BCUT2D eigenvalue weighted by Gasteiger charge is -2.08. The summed E-state index contributed by atoms with van der Waals surface area (Å²) in [6.45, 7) is 0. The predicted octanol–water partition coefficient (Wildman–Crippen LogP) is 4.57. The molecule has 5 nitrogen and oxygen atoms in total. The van der Waals surface area contributed by atoms with Crippen molar-refractivity contribution in [2.75, 3.05) is 0 Å². The van der Waals surface area contributed by atoms with Crippen LogP contribution in [0, 0.1) is 0 Å². The second kappa shape index (κ2) is 5.86. The Hall–Kier alpha value is -3.05. The second-order valence-corrected chi connectivity index (χ2v) is 5.62. The lowest BCUT2D eigenvalue weighted by atomic mass is 10.3. The van der Waals surface area contributed by atoms with E-state index < -0.39 is 0 Å². The number of halogens is 1. The fraction of sp³-hybridized carbons (Fsp3) is 0. The fourth-order valence-electron chi connectivity index (χ4n) is 2.36.